The van der Waals surface area contributed by atoms with E-state index in [1.807, 2.05) is 6.07 Å². The fraction of sp³-hybridized carbons (Fsp3) is 0.250. The van der Waals surface area contributed by atoms with Gasteiger partial charge in [-0.05, 0) is 18.2 Å². The van der Waals surface area contributed by atoms with Crippen molar-refractivity contribution in [2.24, 2.45) is 0 Å². The highest BCUT2D eigenvalue weighted by atomic mass is 16.5. The van der Waals surface area contributed by atoms with Crippen LogP contribution in [0.4, 0.5) is 0 Å². The van der Waals surface area contributed by atoms with Crippen molar-refractivity contribution in [1.82, 2.24) is 25.3 Å². The van der Waals surface area contributed by atoms with E-state index in [1.165, 1.54) is 0 Å². The molecule has 1 N–H and O–H groups in total. The average Bonchev–Trinajstić information content (AvgIpc) is 3.36. The predicted molar refractivity (Wildman–Crippen MR) is 83.3 cm³/mol. The van der Waals surface area contributed by atoms with Gasteiger partial charge in [0, 0.05) is 31.3 Å². The number of carbonyl (C=O) groups is 1. The van der Waals surface area contributed by atoms with Gasteiger partial charge < -0.3 is 14.1 Å². The fourth-order valence-electron chi connectivity index (χ4n) is 2.68. The van der Waals surface area contributed by atoms with Gasteiger partial charge in [0.15, 0.2) is 11.5 Å². The molecule has 1 fully saturated rings. The Kier molecular flexibility index (Phi) is 3.70. The smallest absolute Gasteiger partial charge is 0.274 e. The second kappa shape index (κ2) is 6.15. The third-order valence-electron chi connectivity index (χ3n) is 3.85. The molecular weight excluding hydrogens is 310 g/mol. The predicted octanol–water partition coefficient (Wildman–Crippen LogP) is 1.75. The summed E-state index contributed by atoms with van der Waals surface area (Å²) in [6.45, 7) is 1.12. The molecule has 4 rings (SSSR count). The number of nitrogens with one attached hydrogen (secondary N) is 1. The van der Waals surface area contributed by atoms with Crippen LogP contribution in [0.15, 0.2) is 47.2 Å². The van der Waals surface area contributed by atoms with E-state index in [0.717, 1.165) is 6.42 Å². The molecule has 0 bridgehead atoms. The number of hydrogen-bond acceptors (Lipinski definition) is 6. The Bertz CT molecular complexity index is 815. The molecule has 0 aromatic carbocycles. The van der Waals surface area contributed by atoms with E-state index in [2.05, 4.69) is 20.4 Å². The summed E-state index contributed by atoms with van der Waals surface area (Å²) in [7, 11) is 0. The van der Waals surface area contributed by atoms with E-state index in [9.17, 15) is 4.79 Å². The molecule has 1 unspecified atom stereocenters. The van der Waals surface area contributed by atoms with Crippen LogP contribution in [0, 0.1) is 0 Å². The molecule has 4 heterocycles. The van der Waals surface area contributed by atoms with E-state index in [-0.39, 0.29) is 12.0 Å². The fourth-order valence-corrected chi connectivity index (χ4v) is 2.68. The molecule has 8 nitrogen and oxygen atoms in total. The maximum Gasteiger partial charge on any atom is 0.274 e. The number of aromatic amines is 1. The van der Waals surface area contributed by atoms with Crippen molar-refractivity contribution in [2.45, 2.75) is 12.5 Å². The minimum Gasteiger partial charge on any atom is -0.471 e. The summed E-state index contributed by atoms with van der Waals surface area (Å²) >= 11 is 0. The summed E-state index contributed by atoms with van der Waals surface area (Å²) in [6.07, 6.45) is 3.82. The third-order valence-corrected chi connectivity index (χ3v) is 3.85. The van der Waals surface area contributed by atoms with Crippen LogP contribution in [0.1, 0.15) is 16.9 Å². The number of nitrogens with zero attached hydrogens (tertiary/aromatic N) is 4. The molecule has 1 saturated heterocycles. The number of likely N-dealkylation sites (tertiary alicyclic amines) is 1. The number of aromatic nitrogens is 4. The van der Waals surface area contributed by atoms with Crippen molar-refractivity contribution in [2.75, 3.05) is 13.1 Å². The van der Waals surface area contributed by atoms with Gasteiger partial charge in [0.25, 0.3) is 5.91 Å². The van der Waals surface area contributed by atoms with Crippen LogP contribution in [0.5, 0.6) is 5.88 Å². The normalized spacial score (nSPS) is 17.2. The van der Waals surface area contributed by atoms with Crippen LogP contribution < -0.4 is 4.74 Å². The molecule has 1 atom stereocenters. The Hall–Kier alpha value is -3.16. The molecule has 0 aliphatic carbocycles. The Morgan fingerprint density at radius 2 is 2.33 bits per heavy atom. The Balaban J connectivity index is 1.41. The Labute approximate surface area is 137 Å². The zero-order valence-corrected chi connectivity index (χ0v) is 12.8. The summed E-state index contributed by atoms with van der Waals surface area (Å²) in [6, 6.07) is 8.80. The maximum atomic E-state index is 12.6. The second-order valence-corrected chi connectivity index (χ2v) is 5.49. The summed E-state index contributed by atoms with van der Waals surface area (Å²) in [5.74, 6) is 0.984. The van der Waals surface area contributed by atoms with E-state index in [4.69, 9.17) is 9.15 Å². The van der Waals surface area contributed by atoms with Crippen LogP contribution in [0.2, 0.25) is 0 Å². The molecular formula is C16H15N5O3. The van der Waals surface area contributed by atoms with Gasteiger partial charge in [0.2, 0.25) is 5.88 Å². The van der Waals surface area contributed by atoms with Gasteiger partial charge in [-0.3, -0.25) is 9.89 Å². The van der Waals surface area contributed by atoms with Crippen molar-refractivity contribution < 1.29 is 13.9 Å². The van der Waals surface area contributed by atoms with Crippen molar-refractivity contribution in [3.05, 3.63) is 48.5 Å². The topological polar surface area (TPSA) is 97.1 Å². The molecule has 3 aromatic heterocycles. The molecule has 0 radical (unpaired) electrons. The highest BCUT2D eigenvalue weighted by Gasteiger charge is 2.30. The van der Waals surface area contributed by atoms with Crippen molar-refractivity contribution in [1.29, 1.82) is 0 Å². The number of ether oxygens (including phenoxy) is 1. The van der Waals surface area contributed by atoms with Gasteiger partial charge in [-0.1, -0.05) is 0 Å². The first kappa shape index (κ1) is 14.4. The van der Waals surface area contributed by atoms with Gasteiger partial charge in [-0.15, -0.1) is 5.10 Å². The van der Waals surface area contributed by atoms with Crippen LogP contribution in [-0.2, 0) is 0 Å². The summed E-state index contributed by atoms with van der Waals surface area (Å²) < 4.78 is 11.0. The molecule has 0 spiro atoms. The van der Waals surface area contributed by atoms with Crippen LogP contribution in [0.3, 0.4) is 0 Å². The summed E-state index contributed by atoms with van der Waals surface area (Å²) in [5, 5.41) is 14.6. The van der Waals surface area contributed by atoms with E-state index < -0.39 is 0 Å². The molecule has 1 aliphatic heterocycles. The van der Waals surface area contributed by atoms with Crippen molar-refractivity contribution >= 4 is 5.91 Å². The lowest BCUT2D eigenvalue weighted by Gasteiger charge is -2.15. The van der Waals surface area contributed by atoms with E-state index in [0.29, 0.717) is 36.1 Å². The van der Waals surface area contributed by atoms with Crippen LogP contribution in [-0.4, -0.2) is 50.4 Å². The number of hydrogen-bond donors (Lipinski definition) is 1. The molecule has 122 valence electrons. The minimum atomic E-state index is -0.130. The van der Waals surface area contributed by atoms with Crippen LogP contribution >= 0.6 is 0 Å². The quantitative estimate of drug-likeness (QED) is 0.785. The Morgan fingerprint density at radius 3 is 3.12 bits per heavy atom. The zero-order valence-electron chi connectivity index (χ0n) is 12.8. The lowest BCUT2D eigenvalue weighted by Crippen LogP contribution is -2.31. The van der Waals surface area contributed by atoms with Gasteiger partial charge in [0.05, 0.1) is 12.8 Å². The monoisotopic (exact) mass is 325 g/mol. The SMILES string of the molecule is O=C(c1cc(-c2ccco2)[nH]n1)N1CCC(Oc2cccnn2)C1. The van der Waals surface area contributed by atoms with Gasteiger partial charge >= 0.3 is 0 Å². The number of rotatable bonds is 4. The minimum absolute atomic E-state index is 0.0888. The standard InChI is InChI=1S/C16H15N5O3/c22-16(13-9-12(18-19-13)14-3-2-8-23-14)21-7-5-11(10-21)24-15-4-1-6-17-20-15/h1-4,6,8-9,11H,5,7,10H2,(H,18,19). The molecule has 0 saturated carbocycles. The zero-order chi connectivity index (χ0) is 16.4. The van der Waals surface area contributed by atoms with Crippen molar-refractivity contribution in [3.8, 4) is 17.3 Å². The number of furan rings is 1. The molecule has 24 heavy (non-hydrogen) atoms. The van der Waals surface area contributed by atoms with Gasteiger partial charge in [0.1, 0.15) is 11.8 Å². The molecule has 1 aliphatic rings. The van der Waals surface area contributed by atoms with Gasteiger partial charge in [-0.25, -0.2) is 0 Å². The molecule has 1 amide bonds. The third kappa shape index (κ3) is 2.85. The lowest BCUT2D eigenvalue weighted by atomic mass is 10.3. The second-order valence-electron chi connectivity index (χ2n) is 5.49. The molecule has 3 aromatic rings. The summed E-state index contributed by atoms with van der Waals surface area (Å²) in [5.41, 5.74) is 1.04. The number of H-pyrrole nitrogens is 1. The first-order valence-corrected chi connectivity index (χ1v) is 7.62. The van der Waals surface area contributed by atoms with E-state index >= 15 is 0 Å². The molecule has 8 heteroatoms. The first-order valence-electron chi connectivity index (χ1n) is 7.62. The highest BCUT2D eigenvalue weighted by molar-refractivity contribution is 5.93. The maximum absolute atomic E-state index is 12.6. The average molecular weight is 325 g/mol. The largest absolute Gasteiger partial charge is 0.471 e. The Morgan fingerprint density at radius 1 is 1.38 bits per heavy atom. The van der Waals surface area contributed by atoms with Crippen LogP contribution in [0.25, 0.3) is 11.5 Å². The highest BCUT2D eigenvalue weighted by Crippen LogP contribution is 2.21. The number of carbonyl (C=O) groups excluding carboxylic acids is 1. The van der Waals surface area contributed by atoms with Crippen molar-refractivity contribution in [3.63, 3.8) is 0 Å². The van der Waals surface area contributed by atoms with Gasteiger partial charge in [-0.2, -0.15) is 10.2 Å². The first-order chi connectivity index (χ1) is 11.8. The number of amides is 1. The van der Waals surface area contributed by atoms with E-state index in [1.54, 1.807) is 41.6 Å². The summed E-state index contributed by atoms with van der Waals surface area (Å²) in [4.78, 5) is 14.3. The lowest BCUT2D eigenvalue weighted by molar-refractivity contribution is 0.0765.